The van der Waals surface area contributed by atoms with Gasteiger partial charge in [-0.15, -0.1) is 0 Å². The van der Waals surface area contributed by atoms with Crippen molar-refractivity contribution in [3.05, 3.63) is 0 Å². The molecule has 0 fully saturated rings. The molecular weight excluding hydrogens is 753 g/mol. The molecule has 0 heterocycles. The molecule has 0 aromatic carbocycles. The van der Waals surface area contributed by atoms with Crippen LogP contribution in [0.1, 0.15) is 279 Å². The van der Waals surface area contributed by atoms with Crippen LogP contribution in [0.5, 0.6) is 0 Å². The van der Waals surface area contributed by atoms with Crippen LogP contribution in [0.15, 0.2) is 0 Å². The van der Waals surface area contributed by atoms with Gasteiger partial charge in [-0.1, -0.05) is 176 Å². The summed E-state index contributed by atoms with van der Waals surface area (Å²) in [5.41, 5.74) is 0. The third-order valence-electron chi connectivity index (χ3n) is 11.7. The maximum absolute atomic E-state index is 12.7. The molecule has 0 aliphatic heterocycles. The van der Waals surface area contributed by atoms with E-state index in [1.807, 2.05) is 6.92 Å². The van der Waals surface area contributed by atoms with Gasteiger partial charge in [-0.2, -0.15) is 0 Å². The molecule has 354 valence electrons. The zero-order valence-corrected chi connectivity index (χ0v) is 40.3. The molecular formula is C52H98O8. The van der Waals surface area contributed by atoms with Gasteiger partial charge in [0.25, 0.3) is 0 Å². The van der Waals surface area contributed by atoms with Gasteiger partial charge in [0.15, 0.2) is 0 Å². The fourth-order valence-electron chi connectivity index (χ4n) is 7.72. The van der Waals surface area contributed by atoms with Gasteiger partial charge < -0.3 is 18.9 Å². The van der Waals surface area contributed by atoms with E-state index in [9.17, 15) is 19.2 Å². The fourth-order valence-corrected chi connectivity index (χ4v) is 7.72. The molecule has 0 N–H and O–H groups in total. The summed E-state index contributed by atoms with van der Waals surface area (Å²) in [7, 11) is 0. The quantitative estimate of drug-likeness (QED) is 0.0339. The number of ether oxygens (including phenoxy) is 4. The molecule has 2 unspecified atom stereocenters. The van der Waals surface area contributed by atoms with Gasteiger partial charge in [0.2, 0.25) is 0 Å². The Morgan fingerprint density at radius 2 is 0.550 bits per heavy atom. The highest BCUT2D eigenvalue weighted by Gasteiger charge is 2.16. The molecule has 0 aromatic rings. The standard InChI is InChI=1S/C52H98O8/c1-6-10-14-18-21-29-37-47(36-28-17-13-9-4)59-51(55)42-34-26-24-32-40-49(53)57-44-46(5)45-58-50(54)41-33-25-27-35-43-52(56)60-48(38-30-22-19-15-11-7-2)39-31-23-20-16-12-8-3/h46-48H,6-45H2,1-5H3. The molecule has 0 amide bonds. The first-order chi connectivity index (χ1) is 29.2. The minimum absolute atomic E-state index is 0.0537. The number of unbranched alkanes of at least 4 members (excludes halogenated alkanes) is 24. The molecule has 0 aliphatic carbocycles. The number of carbonyl (C=O) groups excluding carboxylic acids is 4. The number of carbonyl (C=O) groups is 4. The van der Waals surface area contributed by atoms with Crippen molar-refractivity contribution in [3.63, 3.8) is 0 Å². The monoisotopic (exact) mass is 851 g/mol. The normalized spacial score (nSPS) is 12.4. The molecule has 0 spiro atoms. The summed E-state index contributed by atoms with van der Waals surface area (Å²) in [4.78, 5) is 49.8. The van der Waals surface area contributed by atoms with E-state index < -0.39 is 0 Å². The SMILES string of the molecule is CCCCCCCCC(CCCCCC)OC(=O)CCCCCCC(=O)OCC(C)COC(=O)CCCCCCC(=O)OC(CCCCCCCC)CCCCCCCC. The van der Waals surface area contributed by atoms with E-state index in [2.05, 4.69) is 27.7 Å². The lowest BCUT2D eigenvalue weighted by Crippen LogP contribution is -2.18. The van der Waals surface area contributed by atoms with E-state index in [4.69, 9.17) is 18.9 Å². The minimum Gasteiger partial charge on any atom is -0.465 e. The van der Waals surface area contributed by atoms with Gasteiger partial charge in [0, 0.05) is 31.6 Å². The van der Waals surface area contributed by atoms with E-state index in [1.54, 1.807) is 0 Å². The molecule has 0 aromatic heterocycles. The summed E-state index contributed by atoms with van der Waals surface area (Å²) in [5, 5.41) is 0. The van der Waals surface area contributed by atoms with Gasteiger partial charge in [-0.05, 0) is 77.0 Å². The highest BCUT2D eigenvalue weighted by Crippen LogP contribution is 2.20. The Balaban J connectivity index is 4.06. The number of rotatable bonds is 46. The summed E-state index contributed by atoms with van der Waals surface area (Å²) in [6.07, 6.45) is 39.5. The lowest BCUT2D eigenvalue weighted by atomic mass is 10.0. The number of esters is 4. The Labute approximate surface area is 370 Å². The molecule has 0 rings (SSSR count). The van der Waals surface area contributed by atoms with Gasteiger partial charge >= 0.3 is 23.9 Å². The van der Waals surface area contributed by atoms with Crippen molar-refractivity contribution in [2.45, 2.75) is 291 Å². The number of hydrogen-bond acceptors (Lipinski definition) is 8. The molecule has 0 radical (unpaired) electrons. The van der Waals surface area contributed by atoms with Crippen molar-refractivity contribution < 1.29 is 38.1 Å². The summed E-state index contributed by atoms with van der Waals surface area (Å²) < 4.78 is 22.7. The largest absolute Gasteiger partial charge is 0.465 e. The Morgan fingerprint density at radius 1 is 0.317 bits per heavy atom. The summed E-state index contributed by atoms with van der Waals surface area (Å²) in [5.74, 6) is -0.690. The smallest absolute Gasteiger partial charge is 0.306 e. The zero-order valence-electron chi connectivity index (χ0n) is 40.3. The average molecular weight is 851 g/mol. The molecule has 8 heteroatoms. The van der Waals surface area contributed by atoms with Crippen molar-refractivity contribution in [2.24, 2.45) is 5.92 Å². The summed E-state index contributed by atoms with van der Waals surface area (Å²) in [6.45, 7) is 11.3. The number of hydrogen-bond donors (Lipinski definition) is 0. The minimum atomic E-state index is -0.233. The topological polar surface area (TPSA) is 105 Å². The van der Waals surface area contributed by atoms with E-state index in [0.29, 0.717) is 25.7 Å². The highest BCUT2D eigenvalue weighted by atomic mass is 16.6. The van der Waals surface area contributed by atoms with Gasteiger partial charge in [-0.3, -0.25) is 19.2 Å². The third-order valence-corrected chi connectivity index (χ3v) is 11.7. The molecule has 0 bridgehead atoms. The maximum atomic E-state index is 12.7. The molecule has 2 atom stereocenters. The molecule has 8 nitrogen and oxygen atoms in total. The first-order valence-electron chi connectivity index (χ1n) is 26.0. The van der Waals surface area contributed by atoms with Crippen LogP contribution in [-0.4, -0.2) is 49.3 Å². The van der Waals surface area contributed by atoms with Crippen LogP contribution in [0.4, 0.5) is 0 Å². The first kappa shape index (κ1) is 57.9. The summed E-state index contributed by atoms with van der Waals surface area (Å²) in [6, 6.07) is 0. The highest BCUT2D eigenvalue weighted by molar-refractivity contribution is 5.70. The van der Waals surface area contributed by atoms with E-state index in [1.165, 1.54) is 116 Å². The lowest BCUT2D eigenvalue weighted by Gasteiger charge is -2.18. The molecule has 60 heavy (non-hydrogen) atoms. The Morgan fingerprint density at radius 3 is 0.850 bits per heavy atom. The average Bonchev–Trinajstić information content (AvgIpc) is 3.23. The van der Waals surface area contributed by atoms with Crippen LogP contribution >= 0.6 is 0 Å². The van der Waals surface area contributed by atoms with Crippen LogP contribution in [0.25, 0.3) is 0 Å². The van der Waals surface area contributed by atoms with E-state index in [0.717, 1.165) is 103 Å². The first-order valence-corrected chi connectivity index (χ1v) is 26.0. The van der Waals surface area contributed by atoms with Crippen LogP contribution in [0.2, 0.25) is 0 Å². The second-order valence-electron chi connectivity index (χ2n) is 18.0. The molecule has 0 saturated heterocycles. The van der Waals surface area contributed by atoms with Crippen LogP contribution in [0, 0.1) is 5.92 Å². The lowest BCUT2D eigenvalue weighted by molar-refractivity contribution is -0.151. The maximum Gasteiger partial charge on any atom is 0.306 e. The van der Waals surface area contributed by atoms with Crippen LogP contribution in [0.3, 0.4) is 0 Å². The van der Waals surface area contributed by atoms with Crippen LogP contribution < -0.4 is 0 Å². The Hall–Kier alpha value is -2.12. The second-order valence-corrected chi connectivity index (χ2v) is 18.0. The molecule has 0 aliphatic rings. The molecule has 0 saturated carbocycles. The van der Waals surface area contributed by atoms with E-state index in [-0.39, 0.29) is 55.2 Å². The predicted octanol–water partition coefficient (Wildman–Crippen LogP) is 15.4. The van der Waals surface area contributed by atoms with Crippen LogP contribution in [-0.2, 0) is 38.1 Å². The van der Waals surface area contributed by atoms with Crippen molar-refractivity contribution in [2.75, 3.05) is 13.2 Å². The van der Waals surface area contributed by atoms with Gasteiger partial charge in [0.05, 0.1) is 13.2 Å². The summed E-state index contributed by atoms with van der Waals surface area (Å²) >= 11 is 0. The zero-order chi connectivity index (χ0) is 44.2. The third kappa shape index (κ3) is 41.2. The fraction of sp³-hybridized carbons (Fsp3) is 0.923. The van der Waals surface area contributed by atoms with Crippen molar-refractivity contribution in [3.8, 4) is 0 Å². The Bertz CT molecular complexity index is 967. The van der Waals surface area contributed by atoms with Crippen molar-refractivity contribution in [1.82, 2.24) is 0 Å². The second kappa shape index (κ2) is 44.9. The van der Waals surface area contributed by atoms with Gasteiger partial charge in [-0.25, -0.2) is 0 Å². The van der Waals surface area contributed by atoms with E-state index >= 15 is 0 Å². The van der Waals surface area contributed by atoms with Crippen molar-refractivity contribution >= 4 is 23.9 Å². The van der Waals surface area contributed by atoms with Crippen molar-refractivity contribution in [1.29, 1.82) is 0 Å². The van der Waals surface area contributed by atoms with Gasteiger partial charge in [0.1, 0.15) is 12.2 Å². The Kier molecular flexibility index (Phi) is 43.3. The predicted molar refractivity (Wildman–Crippen MR) is 249 cm³/mol.